The van der Waals surface area contributed by atoms with E-state index >= 15 is 0 Å². The maximum Gasteiger partial charge on any atom is 0.245 e. The summed E-state index contributed by atoms with van der Waals surface area (Å²) in [6.07, 6.45) is 0. The summed E-state index contributed by atoms with van der Waals surface area (Å²) in [7, 11) is -4.29. The number of rotatable bonds is 4. The SMILES string of the molecule is Nc1cccc(F)c1S(=O)(=O)NCc1cc(F)ccc1F. The van der Waals surface area contributed by atoms with Crippen molar-refractivity contribution in [3.8, 4) is 0 Å². The van der Waals surface area contributed by atoms with E-state index < -0.39 is 38.9 Å². The topological polar surface area (TPSA) is 72.2 Å². The molecule has 0 amide bonds. The molecule has 0 saturated carbocycles. The lowest BCUT2D eigenvalue weighted by Crippen LogP contribution is -2.25. The maximum absolute atomic E-state index is 13.6. The number of hydrogen-bond donors (Lipinski definition) is 2. The fraction of sp³-hybridized carbons (Fsp3) is 0.0769. The summed E-state index contributed by atoms with van der Waals surface area (Å²) in [5.41, 5.74) is 4.96. The van der Waals surface area contributed by atoms with Crippen LogP contribution in [0.3, 0.4) is 0 Å². The summed E-state index contributed by atoms with van der Waals surface area (Å²) in [5.74, 6) is -2.51. The number of anilines is 1. The van der Waals surface area contributed by atoms with Crippen LogP contribution in [0.2, 0.25) is 0 Å². The van der Waals surface area contributed by atoms with Crippen molar-refractivity contribution in [1.29, 1.82) is 0 Å². The van der Waals surface area contributed by atoms with Gasteiger partial charge in [0, 0.05) is 12.1 Å². The Bertz CT molecular complexity index is 759. The summed E-state index contributed by atoms with van der Waals surface area (Å²) < 4.78 is 66.0. The van der Waals surface area contributed by atoms with Crippen LogP contribution in [0.4, 0.5) is 18.9 Å². The molecule has 21 heavy (non-hydrogen) atoms. The first-order chi connectivity index (χ1) is 9.81. The van der Waals surface area contributed by atoms with E-state index in [1.807, 2.05) is 4.72 Å². The van der Waals surface area contributed by atoms with E-state index in [1.165, 1.54) is 12.1 Å². The molecular weight excluding hydrogens is 305 g/mol. The highest BCUT2D eigenvalue weighted by Crippen LogP contribution is 2.21. The van der Waals surface area contributed by atoms with Gasteiger partial charge in [-0.3, -0.25) is 0 Å². The van der Waals surface area contributed by atoms with Crippen molar-refractivity contribution >= 4 is 15.7 Å². The molecule has 0 aromatic heterocycles. The molecule has 8 heteroatoms. The van der Waals surface area contributed by atoms with Crippen LogP contribution in [-0.2, 0) is 16.6 Å². The Labute approximate surface area is 119 Å². The molecular formula is C13H11F3N2O2S. The van der Waals surface area contributed by atoms with Gasteiger partial charge in [0.1, 0.15) is 22.3 Å². The molecule has 0 fully saturated rings. The van der Waals surface area contributed by atoms with Crippen LogP contribution in [0.25, 0.3) is 0 Å². The average molecular weight is 316 g/mol. The van der Waals surface area contributed by atoms with Crippen LogP contribution in [0, 0.1) is 17.5 Å². The molecule has 2 aromatic carbocycles. The van der Waals surface area contributed by atoms with Crippen molar-refractivity contribution in [1.82, 2.24) is 4.72 Å². The Balaban J connectivity index is 2.28. The average Bonchev–Trinajstić information content (AvgIpc) is 2.39. The van der Waals surface area contributed by atoms with Gasteiger partial charge in [-0.1, -0.05) is 6.07 Å². The summed E-state index contributed by atoms with van der Waals surface area (Å²) >= 11 is 0. The molecule has 2 aromatic rings. The number of nitrogen functional groups attached to an aromatic ring is 1. The number of benzene rings is 2. The predicted molar refractivity (Wildman–Crippen MR) is 71.2 cm³/mol. The monoisotopic (exact) mass is 316 g/mol. The molecule has 0 spiro atoms. The standard InChI is InChI=1S/C13H11F3N2O2S/c14-9-4-5-10(15)8(6-9)7-18-21(19,20)13-11(16)2-1-3-12(13)17/h1-6,18H,7,17H2. The first-order valence-electron chi connectivity index (χ1n) is 5.79. The summed E-state index contributed by atoms with van der Waals surface area (Å²) in [6.45, 7) is -0.528. The summed E-state index contributed by atoms with van der Waals surface area (Å²) in [4.78, 5) is -0.721. The van der Waals surface area contributed by atoms with Crippen molar-refractivity contribution in [2.75, 3.05) is 5.73 Å². The first-order valence-corrected chi connectivity index (χ1v) is 7.27. The molecule has 3 N–H and O–H groups in total. The third kappa shape index (κ3) is 3.34. The van der Waals surface area contributed by atoms with Crippen LogP contribution in [0.5, 0.6) is 0 Å². The lowest BCUT2D eigenvalue weighted by atomic mass is 10.2. The quantitative estimate of drug-likeness (QED) is 0.849. The Hall–Kier alpha value is -2.06. The zero-order valence-electron chi connectivity index (χ0n) is 10.6. The Morgan fingerprint density at radius 3 is 2.43 bits per heavy atom. The molecule has 112 valence electrons. The molecule has 4 nitrogen and oxygen atoms in total. The van der Waals surface area contributed by atoms with Crippen molar-refractivity contribution in [2.45, 2.75) is 11.4 Å². The van der Waals surface area contributed by atoms with Gasteiger partial charge in [0.2, 0.25) is 10.0 Å². The molecule has 0 aliphatic rings. The smallest absolute Gasteiger partial charge is 0.245 e. The predicted octanol–water partition coefficient (Wildman–Crippen LogP) is 2.16. The van der Waals surface area contributed by atoms with Gasteiger partial charge in [0.25, 0.3) is 0 Å². The minimum atomic E-state index is -4.29. The normalized spacial score (nSPS) is 11.6. The molecule has 0 unspecified atom stereocenters. The van der Waals surface area contributed by atoms with Gasteiger partial charge in [-0.2, -0.15) is 0 Å². The van der Waals surface area contributed by atoms with Gasteiger partial charge >= 0.3 is 0 Å². The van der Waals surface area contributed by atoms with Gasteiger partial charge in [0.05, 0.1) is 5.69 Å². The van der Waals surface area contributed by atoms with Gasteiger partial charge in [-0.15, -0.1) is 0 Å². The Kier molecular flexibility index (Phi) is 4.19. The zero-order chi connectivity index (χ0) is 15.6. The van der Waals surface area contributed by atoms with E-state index in [9.17, 15) is 21.6 Å². The molecule has 2 rings (SSSR count). The molecule has 0 heterocycles. The summed E-state index contributed by atoms with van der Waals surface area (Å²) in [5, 5.41) is 0. The number of halogens is 3. The van der Waals surface area contributed by atoms with Gasteiger partial charge in [-0.05, 0) is 30.3 Å². The number of nitrogens with one attached hydrogen (secondary N) is 1. The van der Waals surface area contributed by atoms with Crippen LogP contribution >= 0.6 is 0 Å². The molecule has 0 atom stereocenters. The Morgan fingerprint density at radius 1 is 1.05 bits per heavy atom. The number of hydrogen-bond acceptors (Lipinski definition) is 3. The highest BCUT2D eigenvalue weighted by atomic mass is 32.2. The van der Waals surface area contributed by atoms with Crippen LogP contribution in [0.15, 0.2) is 41.3 Å². The lowest BCUT2D eigenvalue weighted by molar-refractivity contribution is 0.552. The van der Waals surface area contributed by atoms with E-state index in [1.54, 1.807) is 0 Å². The van der Waals surface area contributed by atoms with Gasteiger partial charge in [-0.25, -0.2) is 26.3 Å². The van der Waals surface area contributed by atoms with Gasteiger partial charge < -0.3 is 5.73 Å². The van der Waals surface area contributed by atoms with Crippen LogP contribution in [0.1, 0.15) is 5.56 Å². The van der Waals surface area contributed by atoms with E-state index in [-0.39, 0.29) is 11.3 Å². The Morgan fingerprint density at radius 2 is 1.76 bits per heavy atom. The highest BCUT2D eigenvalue weighted by Gasteiger charge is 2.22. The van der Waals surface area contributed by atoms with Crippen molar-refractivity contribution < 1.29 is 21.6 Å². The van der Waals surface area contributed by atoms with E-state index in [2.05, 4.69) is 0 Å². The minimum absolute atomic E-state index is 0.200. The molecule has 0 aliphatic heterocycles. The minimum Gasteiger partial charge on any atom is -0.398 e. The molecule has 0 saturated heterocycles. The number of nitrogens with two attached hydrogens (primary N) is 1. The lowest BCUT2D eigenvalue weighted by Gasteiger charge is -2.10. The van der Waals surface area contributed by atoms with Crippen LogP contribution in [-0.4, -0.2) is 8.42 Å². The van der Waals surface area contributed by atoms with Crippen molar-refractivity contribution in [3.63, 3.8) is 0 Å². The molecule has 0 radical (unpaired) electrons. The second-order valence-corrected chi connectivity index (χ2v) is 5.92. The largest absolute Gasteiger partial charge is 0.398 e. The van der Waals surface area contributed by atoms with E-state index in [4.69, 9.17) is 5.73 Å². The molecule has 0 aliphatic carbocycles. The van der Waals surface area contributed by atoms with E-state index in [0.29, 0.717) is 0 Å². The van der Waals surface area contributed by atoms with Crippen LogP contribution < -0.4 is 10.5 Å². The zero-order valence-corrected chi connectivity index (χ0v) is 11.4. The first kappa shape index (κ1) is 15.3. The third-order valence-electron chi connectivity index (χ3n) is 2.73. The highest BCUT2D eigenvalue weighted by molar-refractivity contribution is 7.89. The van der Waals surface area contributed by atoms with Crippen molar-refractivity contribution in [3.05, 3.63) is 59.4 Å². The van der Waals surface area contributed by atoms with Gasteiger partial charge in [0.15, 0.2) is 0 Å². The van der Waals surface area contributed by atoms with E-state index in [0.717, 1.165) is 24.3 Å². The second kappa shape index (κ2) is 5.74. The third-order valence-corrected chi connectivity index (χ3v) is 4.22. The maximum atomic E-state index is 13.6. The second-order valence-electron chi connectivity index (χ2n) is 4.22. The number of sulfonamides is 1. The summed E-state index contributed by atoms with van der Waals surface area (Å²) in [6, 6.07) is 6.05. The van der Waals surface area contributed by atoms with Crippen molar-refractivity contribution in [2.24, 2.45) is 0 Å². The fourth-order valence-electron chi connectivity index (χ4n) is 1.73. The molecule has 0 bridgehead atoms. The fourth-order valence-corrected chi connectivity index (χ4v) is 2.93.